The number of carbonyl (C=O) groups is 3. The van der Waals surface area contributed by atoms with Gasteiger partial charge < -0.3 is 14.2 Å². The van der Waals surface area contributed by atoms with Gasteiger partial charge in [0.05, 0.1) is 0 Å². The first-order valence-corrected chi connectivity index (χ1v) is 37.0. The van der Waals surface area contributed by atoms with Crippen molar-refractivity contribution in [2.24, 2.45) is 0 Å². The monoisotopic (exact) mass is 1130 g/mol. The van der Waals surface area contributed by atoms with Crippen LogP contribution in [0.4, 0.5) is 0 Å². The van der Waals surface area contributed by atoms with Gasteiger partial charge in [0.2, 0.25) is 0 Å². The zero-order valence-electron chi connectivity index (χ0n) is 54.9. The molecular formula is C74H144O6. The number of rotatable bonds is 70. The summed E-state index contributed by atoms with van der Waals surface area (Å²) in [5.41, 5.74) is 0. The molecule has 0 aromatic carbocycles. The quantitative estimate of drug-likeness (QED) is 0.0343. The molecule has 0 aromatic rings. The van der Waals surface area contributed by atoms with E-state index in [1.165, 1.54) is 340 Å². The first kappa shape index (κ1) is 78.4. The Kier molecular flexibility index (Phi) is 68.5. The molecule has 6 nitrogen and oxygen atoms in total. The van der Waals surface area contributed by atoms with E-state index in [0.717, 1.165) is 57.8 Å². The maximum Gasteiger partial charge on any atom is 0.306 e. The second-order valence-electron chi connectivity index (χ2n) is 25.6. The molecule has 0 aliphatic rings. The summed E-state index contributed by atoms with van der Waals surface area (Å²) in [4.78, 5) is 38.5. The molecule has 0 radical (unpaired) electrons. The summed E-state index contributed by atoms with van der Waals surface area (Å²) in [7, 11) is 0. The molecule has 0 rings (SSSR count). The molecule has 0 bridgehead atoms. The summed E-state index contributed by atoms with van der Waals surface area (Å²) < 4.78 is 17.0. The van der Waals surface area contributed by atoms with E-state index >= 15 is 0 Å². The van der Waals surface area contributed by atoms with E-state index in [1.54, 1.807) is 0 Å². The van der Waals surface area contributed by atoms with Crippen LogP contribution in [0.25, 0.3) is 0 Å². The van der Waals surface area contributed by atoms with Gasteiger partial charge in [-0.2, -0.15) is 0 Å². The van der Waals surface area contributed by atoms with Crippen molar-refractivity contribution in [1.82, 2.24) is 0 Å². The van der Waals surface area contributed by atoms with Gasteiger partial charge in [-0.1, -0.05) is 400 Å². The summed E-state index contributed by atoms with van der Waals surface area (Å²) in [6.45, 7) is 6.76. The molecule has 0 aliphatic carbocycles. The van der Waals surface area contributed by atoms with E-state index in [0.29, 0.717) is 19.3 Å². The average Bonchev–Trinajstić information content (AvgIpc) is 3.46. The molecule has 0 heterocycles. The van der Waals surface area contributed by atoms with E-state index < -0.39 is 6.10 Å². The van der Waals surface area contributed by atoms with E-state index in [9.17, 15) is 14.4 Å². The van der Waals surface area contributed by atoms with Crippen molar-refractivity contribution >= 4 is 17.9 Å². The van der Waals surface area contributed by atoms with Crippen LogP contribution in [0, 0.1) is 0 Å². The van der Waals surface area contributed by atoms with E-state index in [4.69, 9.17) is 14.2 Å². The standard InChI is InChI=1S/C74H144O6/c1-4-7-10-13-16-19-22-25-28-31-33-34-35-36-37-38-39-41-43-46-49-52-55-58-61-64-67-73(76)79-70-71(69-78-72(75)66-63-60-57-54-51-48-45-42-30-27-24-21-18-15-12-9-6-3)80-74(77)68-65-62-59-56-53-50-47-44-40-32-29-26-23-20-17-14-11-8-5-2/h71H,4-70H2,1-3H3. The molecule has 6 heteroatoms. The van der Waals surface area contributed by atoms with Crippen molar-refractivity contribution in [2.75, 3.05) is 13.2 Å². The minimum absolute atomic E-state index is 0.0599. The van der Waals surface area contributed by atoms with Gasteiger partial charge in [0.1, 0.15) is 13.2 Å². The van der Waals surface area contributed by atoms with Crippen LogP contribution in [0.5, 0.6) is 0 Å². The molecule has 476 valence electrons. The van der Waals surface area contributed by atoms with Gasteiger partial charge in [0.15, 0.2) is 6.10 Å². The Morgan fingerprint density at radius 1 is 0.200 bits per heavy atom. The molecular weight excluding hydrogens is 985 g/mol. The second-order valence-corrected chi connectivity index (χ2v) is 25.6. The van der Waals surface area contributed by atoms with Gasteiger partial charge in [-0.15, -0.1) is 0 Å². The lowest BCUT2D eigenvalue weighted by Gasteiger charge is -2.18. The smallest absolute Gasteiger partial charge is 0.306 e. The van der Waals surface area contributed by atoms with Gasteiger partial charge in [-0.05, 0) is 19.3 Å². The molecule has 0 amide bonds. The second kappa shape index (κ2) is 69.9. The lowest BCUT2D eigenvalue weighted by atomic mass is 10.0. The number of carbonyl (C=O) groups excluding carboxylic acids is 3. The first-order chi connectivity index (χ1) is 39.5. The van der Waals surface area contributed by atoms with Gasteiger partial charge in [0.25, 0.3) is 0 Å². The third kappa shape index (κ3) is 67.2. The van der Waals surface area contributed by atoms with Crippen molar-refractivity contribution in [3.8, 4) is 0 Å². The Morgan fingerprint density at radius 3 is 0.500 bits per heavy atom. The van der Waals surface area contributed by atoms with Crippen molar-refractivity contribution in [3.05, 3.63) is 0 Å². The van der Waals surface area contributed by atoms with Crippen LogP contribution < -0.4 is 0 Å². The van der Waals surface area contributed by atoms with Crippen LogP contribution >= 0.6 is 0 Å². The summed E-state index contributed by atoms with van der Waals surface area (Å²) >= 11 is 0. The largest absolute Gasteiger partial charge is 0.462 e. The number of ether oxygens (including phenoxy) is 3. The lowest BCUT2D eigenvalue weighted by Crippen LogP contribution is -2.30. The molecule has 0 saturated carbocycles. The predicted molar refractivity (Wildman–Crippen MR) is 349 cm³/mol. The Bertz CT molecular complexity index is 1200. The minimum Gasteiger partial charge on any atom is -0.462 e. The molecule has 0 saturated heterocycles. The van der Waals surface area contributed by atoms with Crippen molar-refractivity contribution in [2.45, 2.75) is 444 Å². The Hall–Kier alpha value is -1.59. The summed E-state index contributed by atoms with van der Waals surface area (Å²) in [5.74, 6) is -0.815. The molecule has 0 aliphatic heterocycles. The predicted octanol–water partition coefficient (Wildman–Crippen LogP) is 25.4. The van der Waals surface area contributed by atoms with E-state index in [1.807, 2.05) is 0 Å². The van der Waals surface area contributed by atoms with Gasteiger partial charge in [-0.25, -0.2) is 0 Å². The Labute approximate surface area is 501 Å². The maximum absolute atomic E-state index is 13.0. The summed E-state index contributed by atoms with van der Waals surface area (Å²) in [6, 6.07) is 0. The summed E-state index contributed by atoms with van der Waals surface area (Å²) in [5, 5.41) is 0. The number of esters is 3. The van der Waals surface area contributed by atoms with Crippen LogP contribution in [0.2, 0.25) is 0 Å². The molecule has 0 fully saturated rings. The Balaban J connectivity index is 4.21. The van der Waals surface area contributed by atoms with Crippen LogP contribution in [-0.2, 0) is 28.6 Å². The highest BCUT2D eigenvalue weighted by molar-refractivity contribution is 5.71. The number of hydrogen-bond acceptors (Lipinski definition) is 6. The SMILES string of the molecule is CCCCCCCCCCCCCCCCCCCCCCCCCCCCC(=O)OCC(COC(=O)CCCCCCCCCCCCCCCCCCC)OC(=O)CCCCCCCCCCCCCCCCCCCCC. The van der Waals surface area contributed by atoms with Crippen LogP contribution in [-0.4, -0.2) is 37.2 Å². The van der Waals surface area contributed by atoms with Crippen LogP contribution in [0.1, 0.15) is 438 Å². The normalized spacial score (nSPS) is 11.9. The van der Waals surface area contributed by atoms with Crippen LogP contribution in [0.15, 0.2) is 0 Å². The zero-order valence-corrected chi connectivity index (χ0v) is 54.9. The molecule has 1 unspecified atom stereocenters. The molecule has 80 heavy (non-hydrogen) atoms. The van der Waals surface area contributed by atoms with Crippen LogP contribution in [0.3, 0.4) is 0 Å². The van der Waals surface area contributed by atoms with Gasteiger partial charge in [-0.3, -0.25) is 14.4 Å². The minimum atomic E-state index is -0.764. The van der Waals surface area contributed by atoms with Gasteiger partial charge >= 0.3 is 17.9 Å². The third-order valence-corrected chi connectivity index (χ3v) is 17.4. The Morgan fingerprint density at radius 2 is 0.338 bits per heavy atom. The van der Waals surface area contributed by atoms with E-state index in [2.05, 4.69) is 20.8 Å². The highest BCUT2D eigenvalue weighted by Crippen LogP contribution is 2.20. The van der Waals surface area contributed by atoms with E-state index in [-0.39, 0.29) is 31.1 Å². The van der Waals surface area contributed by atoms with Crippen molar-refractivity contribution < 1.29 is 28.6 Å². The summed E-state index contributed by atoms with van der Waals surface area (Å²) in [6.07, 6.45) is 82.8. The van der Waals surface area contributed by atoms with Gasteiger partial charge in [0, 0.05) is 19.3 Å². The molecule has 0 aromatic heterocycles. The highest BCUT2D eigenvalue weighted by Gasteiger charge is 2.20. The number of hydrogen-bond donors (Lipinski definition) is 0. The maximum atomic E-state index is 13.0. The fourth-order valence-electron chi connectivity index (χ4n) is 11.8. The van der Waals surface area contributed by atoms with Crippen molar-refractivity contribution in [3.63, 3.8) is 0 Å². The zero-order chi connectivity index (χ0) is 57.8. The highest BCUT2D eigenvalue weighted by atomic mass is 16.6. The number of unbranched alkanes of at least 4 members (excludes halogenated alkanes) is 59. The average molecular weight is 1130 g/mol. The lowest BCUT2D eigenvalue weighted by molar-refractivity contribution is -0.167. The fraction of sp³-hybridized carbons (Fsp3) is 0.959. The molecule has 0 spiro atoms. The molecule has 1 atom stereocenters. The first-order valence-electron chi connectivity index (χ1n) is 37.0. The van der Waals surface area contributed by atoms with Crippen molar-refractivity contribution in [1.29, 1.82) is 0 Å². The molecule has 0 N–H and O–H groups in total. The third-order valence-electron chi connectivity index (χ3n) is 17.4. The fourth-order valence-corrected chi connectivity index (χ4v) is 11.8. The topological polar surface area (TPSA) is 78.9 Å².